The molecule has 46 heavy (non-hydrogen) atoms. The molecule has 0 bridgehead atoms. The van der Waals surface area contributed by atoms with Crippen LogP contribution in [-0.4, -0.2) is 67.0 Å². The largest absolute Gasteiger partial charge is 0.484 e. The molecule has 1 aromatic heterocycles. The van der Waals surface area contributed by atoms with Gasteiger partial charge in [-0.3, -0.25) is 18.7 Å². The molecule has 4 N–H and O–H groups in total. The summed E-state index contributed by atoms with van der Waals surface area (Å²) in [5, 5.41) is 10.5. The number of benzene rings is 3. The van der Waals surface area contributed by atoms with E-state index in [1.165, 1.54) is 0 Å². The Labute approximate surface area is 265 Å². The number of hydrogen-bond donors (Lipinski definition) is 4. The highest BCUT2D eigenvalue weighted by atomic mass is 32.3. The number of aromatic nitrogens is 2. The Hall–Kier alpha value is -4.24. The van der Waals surface area contributed by atoms with E-state index in [0.717, 1.165) is 11.1 Å². The summed E-state index contributed by atoms with van der Waals surface area (Å²) in [4.78, 5) is 25.1. The Morgan fingerprint density at radius 2 is 1.98 bits per heavy atom. The van der Waals surface area contributed by atoms with E-state index in [1.807, 2.05) is 12.1 Å². The smallest absolute Gasteiger partial charge is 0.321 e. The predicted octanol–water partition coefficient (Wildman–Crippen LogP) is 5.42. The molecule has 244 valence electrons. The van der Waals surface area contributed by atoms with Crippen molar-refractivity contribution in [1.82, 2.24) is 20.4 Å². The Morgan fingerprint density at radius 3 is 2.74 bits per heavy atom. The highest BCUT2D eigenvalue weighted by Crippen LogP contribution is 2.45. The molecule has 3 heterocycles. The van der Waals surface area contributed by atoms with E-state index in [-0.39, 0.29) is 30.2 Å². The van der Waals surface area contributed by atoms with Crippen LogP contribution in [0.1, 0.15) is 47.9 Å². The lowest BCUT2D eigenvalue weighted by atomic mass is 10.00. The van der Waals surface area contributed by atoms with E-state index in [2.05, 4.69) is 15.7 Å². The second-order valence-corrected chi connectivity index (χ2v) is 14.0. The Morgan fingerprint density at radius 1 is 1.15 bits per heavy atom. The second-order valence-electron chi connectivity index (χ2n) is 11.6. The van der Waals surface area contributed by atoms with Crippen LogP contribution in [-0.2, 0) is 16.1 Å². The quantitative estimate of drug-likeness (QED) is 0.187. The molecule has 0 unspecified atom stereocenters. The number of fused-ring (bicyclic) bond motifs is 2. The molecule has 0 saturated carbocycles. The highest BCUT2D eigenvalue weighted by Gasteiger charge is 2.35. The number of amides is 2. The van der Waals surface area contributed by atoms with Gasteiger partial charge in [0.1, 0.15) is 17.6 Å². The molecule has 2 amide bonds. The van der Waals surface area contributed by atoms with Gasteiger partial charge in [0.2, 0.25) is 0 Å². The minimum Gasteiger partial charge on any atom is -0.484 e. The van der Waals surface area contributed by atoms with Crippen molar-refractivity contribution < 1.29 is 41.7 Å². The molecule has 6 rings (SSSR count). The van der Waals surface area contributed by atoms with Crippen LogP contribution in [0.3, 0.4) is 0 Å². The van der Waals surface area contributed by atoms with Gasteiger partial charge in [-0.05, 0) is 61.4 Å². The van der Waals surface area contributed by atoms with Crippen LogP contribution in [0.25, 0.3) is 16.6 Å². The molecule has 11 nitrogen and oxygen atoms in total. The topological polar surface area (TPSA) is 144 Å². The summed E-state index contributed by atoms with van der Waals surface area (Å²) in [5.41, 5.74) is 3.21. The molecule has 0 radical (unpaired) electrons. The number of carbonyl (C=O) groups excluding carboxylic acids is 2. The second kappa shape index (κ2) is 12.5. The molecule has 2 aliphatic heterocycles. The summed E-state index contributed by atoms with van der Waals surface area (Å²) in [6, 6.07) is 16.4. The number of ether oxygens (including phenoxy) is 3. The molecule has 1 saturated heterocycles. The molecule has 14 heteroatoms. The fourth-order valence-corrected chi connectivity index (χ4v) is 7.27. The molecule has 0 aliphatic carbocycles. The number of nitrogens with one attached hydrogen (secondary N) is 2. The van der Waals surface area contributed by atoms with Crippen molar-refractivity contribution in [3.05, 3.63) is 83.6 Å². The standard InChI is InChI=1S/C32H34F2N4O7S/c1-19(36-31(40)32(2,33)34)29(20-6-7-22-16-43-18-44-28(22)14-20)45-26-8-9-27-23(13-26)15-35-38(27)25-5-3-4-21(12-25)30(39)37-24-10-11-46(41,42)17-24/h3-9,12-15,19,24,29,41-42H,10-11,16-18H2,1-2H3,(H,36,40)(H,37,39)/t19-,24-,29-/m0/s1. The van der Waals surface area contributed by atoms with Gasteiger partial charge in [-0.25, -0.2) is 4.68 Å². The summed E-state index contributed by atoms with van der Waals surface area (Å²) < 4.78 is 66.3. The third kappa shape index (κ3) is 6.94. The monoisotopic (exact) mass is 656 g/mol. The summed E-state index contributed by atoms with van der Waals surface area (Å²) in [6.45, 7) is 2.59. The zero-order valence-electron chi connectivity index (χ0n) is 25.1. The molecule has 3 aromatic carbocycles. The Kier molecular flexibility index (Phi) is 8.63. The third-order valence-electron chi connectivity index (χ3n) is 7.94. The maximum atomic E-state index is 13.8. The third-order valence-corrected chi connectivity index (χ3v) is 9.76. The number of alkyl halides is 2. The van der Waals surface area contributed by atoms with Gasteiger partial charge < -0.3 is 24.8 Å². The summed E-state index contributed by atoms with van der Waals surface area (Å²) in [6.07, 6.45) is 1.30. The lowest BCUT2D eigenvalue weighted by molar-refractivity contribution is -0.144. The molecule has 1 fully saturated rings. The van der Waals surface area contributed by atoms with Crippen molar-refractivity contribution in [2.75, 3.05) is 18.3 Å². The van der Waals surface area contributed by atoms with E-state index < -0.39 is 34.6 Å². The van der Waals surface area contributed by atoms with Gasteiger partial charge in [0.15, 0.2) is 6.79 Å². The van der Waals surface area contributed by atoms with Crippen LogP contribution < -0.4 is 20.1 Å². The van der Waals surface area contributed by atoms with Crippen LogP contribution in [0.2, 0.25) is 0 Å². The number of halogens is 2. The lowest BCUT2D eigenvalue weighted by Crippen LogP contribution is -2.46. The molecule has 0 spiro atoms. The highest BCUT2D eigenvalue weighted by molar-refractivity contribution is 8.24. The van der Waals surface area contributed by atoms with Crippen LogP contribution >= 0.6 is 10.6 Å². The van der Waals surface area contributed by atoms with Gasteiger partial charge in [0.25, 0.3) is 11.8 Å². The fourth-order valence-electron chi connectivity index (χ4n) is 5.54. The number of carbonyl (C=O) groups is 2. The van der Waals surface area contributed by atoms with E-state index in [9.17, 15) is 27.5 Å². The summed E-state index contributed by atoms with van der Waals surface area (Å²) in [7, 11) is -2.64. The summed E-state index contributed by atoms with van der Waals surface area (Å²) in [5.74, 6) is -3.86. The zero-order valence-corrected chi connectivity index (χ0v) is 25.9. The summed E-state index contributed by atoms with van der Waals surface area (Å²) >= 11 is 0. The first kappa shape index (κ1) is 31.7. The van der Waals surface area contributed by atoms with E-state index in [0.29, 0.717) is 53.7 Å². The first-order valence-electron chi connectivity index (χ1n) is 14.7. The molecular formula is C32H34F2N4O7S. The maximum absolute atomic E-state index is 13.8. The molecular weight excluding hydrogens is 622 g/mol. The lowest BCUT2D eigenvalue weighted by Gasteiger charge is -2.28. The van der Waals surface area contributed by atoms with E-state index in [4.69, 9.17) is 14.2 Å². The van der Waals surface area contributed by atoms with Gasteiger partial charge in [0.05, 0.1) is 35.8 Å². The van der Waals surface area contributed by atoms with E-state index in [1.54, 1.807) is 66.3 Å². The van der Waals surface area contributed by atoms with Gasteiger partial charge in [-0.1, -0.05) is 18.2 Å². The van der Waals surface area contributed by atoms with E-state index >= 15 is 0 Å². The first-order chi connectivity index (χ1) is 21.9. The minimum absolute atomic E-state index is 0.0833. The average Bonchev–Trinajstić information content (AvgIpc) is 3.60. The van der Waals surface area contributed by atoms with Gasteiger partial charge in [-0.15, -0.1) is 0 Å². The fraction of sp³-hybridized carbons (Fsp3) is 0.344. The van der Waals surface area contributed by atoms with Crippen molar-refractivity contribution in [2.45, 2.75) is 51.0 Å². The van der Waals surface area contributed by atoms with Crippen LogP contribution in [0.15, 0.2) is 66.9 Å². The number of rotatable bonds is 9. The zero-order chi connectivity index (χ0) is 32.6. The van der Waals surface area contributed by atoms with Crippen LogP contribution in [0.5, 0.6) is 11.5 Å². The molecule has 2 aliphatic rings. The van der Waals surface area contributed by atoms with Crippen LogP contribution in [0.4, 0.5) is 8.78 Å². The maximum Gasteiger partial charge on any atom is 0.321 e. The Balaban J connectivity index is 1.24. The van der Waals surface area contributed by atoms with Gasteiger partial charge >= 0.3 is 5.92 Å². The van der Waals surface area contributed by atoms with Gasteiger partial charge in [-0.2, -0.15) is 24.5 Å². The first-order valence-corrected chi connectivity index (χ1v) is 16.6. The van der Waals surface area contributed by atoms with Crippen molar-refractivity contribution in [1.29, 1.82) is 0 Å². The van der Waals surface area contributed by atoms with Crippen LogP contribution in [0, 0.1) is 0 Å². The van der Waals surface area contributed by atoms with Gasteiger partial charge in [0, 0.05) is 35.2 Å². The number of hydrogen-bond acceptors (Lipinski definition) is 8. The SMILES string of the molecule is C[C@H](NC(=O)C(C)(F)F)[C@H](Oc1ccc2c(cnn2-c2cccc(C(=O)N[C@H]3CCS(O)(O)C3)c2)c1)c1ccc2c(c1)OCOC2. The Bertz CT molecular complexity index is 1780. The van der Waals surface area contributed by atoms with Crippen molar-refractivity contribution in [3.8, 4) is 17.2 Å². The molecule has 3 atom stereocenters. The van der Waals surface area contributed by atoms with Crippen molar-refractivity contribution in [3.63, 3.8) is 0 Å². The predicted molar refractivity (Wildman–Crippen MR) is 168 cm³/mol. The van der Waals surface area contributed by atoms with Crippen molar-refractivity contribution >= 4 is 33.3 Å². The average molecular weight is 657 g/mol. The normalized spacial score (nSPS) is 19.4. The van der Waals surface area contributed by atoms with Crippen molar-refractivity contribution in [2.24, 2.45) is 0 Å². The number of nitrogens with zero attached hydrogens (tertiary/aromatic N) is 2. The minimum atomic E-state index is -3.57. The molecule has 4 aromatic rings.